The number of carbonyl (C=O) groups is 1. The van der Waals surface area contributed by atoms with Gasteiger partial charge >= 0.3 is 0 Å². The quantitative estimate of drug-likeness (QED) is 0.751. The topological polar surface area (TPSA) is 35.5 Å². The van der Waals surface area contributed by atoms with Crippen LogP contribution in [-0.2, 0) is 0 Å². The number of ketones is 1. The first kappa shape index (κ1) is 13.9. The largest absolute Gasteiger partial charge is 0.486 e. The molecule has 4 heteroatoms. The lowest BCUT2D eigenvalue weighted by atomic mass is 9.71. The maximum Gasteiger partial charge on any atom is 0.169 e. The molecule has 2 aliphatic rings. The molecule has 20 heavy (non-hydrogen) atoms. The smallest absolute Gasteiger partial charge is 0.169 e. The lowest BCUT2D eigenvalue weighted by Crippen LogP contribution is -2.30. The molecule has 0 N–H and O–H groups in total. The third-order valence-corrected chi connectivity index (χ3v) is 5.04. The zero-order valence-corrected chi connectivity index (χ0v) is 13.3. The van der Waals surface area contributed by atoms with Gasteiger partial charge in [0, 0.05) is 15.5 Å². The Balaban J connectivity index is 1.95. The van der Waals surface area contributed by atoms with Gasteiger partial charge in [0.2, 0.25) is 0 Å². The normalized spacial score (nSPS) is 20.5. The van der Waals surface area contributed by atoms with Crippen LogP contribution >= 0.6 is 15.9 Å². The highest BCUT2D eigenvalue weighted by Crippen LogP contribution is 2.42. The van der Waals surface area contributed by atoms with Crippen LogP contribution < -0.4 is 9.47 Å². The predicted octanol–water partition coefficient (Wildman–Crippen LogP) is 4.37. The van der Waals surface area contributed by atoms with Crippen LogP contribution in [-0.4, -0.2) is 19.0 Å². The molecule has 0 spiro atoms. The van der Waals surface area contributed by atoms with Gasteiger partial charge in [-0.3, -0.25) is 4.79 Å². The zero-order chi connectivity index (χ0) is 14.2. The van der Waals surface area contributed by atoms with Crippen LogP contribution in [0.3, 0.4) is 0 Å². The molecule has 1 aliphatic heterocycles. The molecule has 108 valence electrons. The van der Waals surface area contributed by atoms with E-state index in [0.29, 0.717) is 24.7 Å². The first-order valence-corrected chi connectivity index (χ1v) is 8.03. The number of ether oxygens (including phenoxy) is 2. The van der Waals surface area contributed by atoms with Crippen molar-refractivity contribution in [3.8, 4) is 11.5 Å². The second-order valence-corrected chi connectivity index (χ2v) is 6.78. The Labute approximate surface area is 127 Å². The van der Waals surface area contributed by atoms with Gasteiger partial charge in [-0.05, 0) is 40.9 Å². The van der Waals surface area contributed by atoms with Gasteiger partial charge in [-0.1, -0.05) is 26.2 Å². The van der Waals surface area contributed by atoms with Crippen LogP contribution in [0.2, 0.25) is 0 Å². The highest BCUT2D eigenvalue weighted by molar-refractivity contribution is 9.10. The van der Waals surface area contributed by atoms with Crippen LogP contribution in [0, 0.1) is 5.41 Å². The van der Waals surface area contributed by atoms with Crippen molar-refractivity contribution in [2.45, 2.75) is 39.0 Å². The van der Waals surface area contributed by atoms with Gasteiger partial charge in [0.1, 0.15) is 13.2 Å². The summed E-state index contributed by atoms with van der Waals surface area (Å²) in [5.41, 5.74) is 0.489. The van der Waals surface area contributed by atoms with Gasteiger partial charge in [0.15, 0.2) is 17.3 Å². The molecule has 1 heterocycles. The average Bonchev–Trinajstić information content (AvgIpc) is 2.46. The first-order valence-electron chi connectivity index (χ1n) is 7.24. The molecule has 1 aliphatic carbocycles. The van der Waals surface area contributed by atoms with Crippen LogP contribution in [0.4, 0.5) is 0 Å². The van der Waals surface area contributed by atoms with E-state index in [1.165, 1.54) is 6.42 Å². The monoisotopic (exact) mass is 338 g/mol. The van der Waals surface area contributed by atoms with E-state index in [4.69, 9.17) is 9.47 Å². The summed E-state index contributed by atoms with van der Waals surface area (Å²) in [6.45, 7) is 3.20. The molecule has 0 bridgehead atoms. The Bertz CT molecular complexity index is 533. The number of fused-ring (bicyclic) bond motifs is 1. The van der Waals surface area contributed by atoms with Crippen molar-refractivity contribution in [1.29, 1.82) is 0 Å². The summed E-state index contributed by atoms with van der Waals surface area (Å²) >= 11 is 3.51. The SMILES string of the molecule is CC1(C(=O)c2cc3c(cc2Br)OCCO3)CCCCC1. The standard InChI is InChI=1S/C16H19BrO3/c1-16(5-3-2-4-6-16)15(18)11-9-13-14(10-12(11)17)20-8-7-19-13/h9-10H,2-8H2,1H3. The van der Waals surface area contributed by atoms with Crippen molar-refractivity contribution in [2.24, 2.45) is 5.41 Å². The molecular formula is C16H19BrO3. The Morgan fingerprint density at radius 3 is 2.35 bits per heavy atom. The summed E-state index contributed by atoms with van der Waals surface area (Å²) in [5, 5.41) is 0. The van der Waals surface area contributed by atoms with Crippen LogP contribution in [0.25, 0.3) is 0 Å². The van der Waals surface area contributed by atoms with Crippen molar-refractivity contribution in [3.63, 3.8) is 0 Å². The summed E-state index contributed by atoms with van der Waals surface area (Å²) in [7, 11) is 0. The summed E-state index contributed by atoms with van der Waals surface area (Å²) in [5.74, 6) is 1.62. The number of benzene rings is 1. The molecule has 1 fully saturated rings. The zero-order valence-electron chi connectivity index (χ0n) is 11.7. The molecule has 1 aromatic carbocycles. The van der Waals surface area contributed by atoms with Crippen molar-refractivity contribution >= 4 is 21.7 Å². The summed E-state index contributed by atoms with van der Waals surface area (Å²) < 4.78 is 11.9. The third-order valence-electron chi connectivity index (χ3n) is 4.38. The number of hydrogen-bond acceptors (Lipinski definition) is 3. The molecule has 3 rings (SSSR count). The molecule has 0 amide bonds. The number of hydrogen-bond donors (Lipinski definition) is 0. The molecule has 0 saturated heterocycles. The fraction of sp³-hybridized carbons (Fsp3) is 0.562. The van der Waals surface area contributed by atoms with E-state index in [9.17, 15) is 4.79 Å². The number of Topliss-reactive ketones (excluding diaryl/α,β-unsaturated/α-hetero) is 1. The van der Waals surface area contributed by atoms with Gasteiger partial charge in [-0.2, -0.15) is 0 Å². The fourth-order valence-corrected chi connectivity index (χ4v) is 3.62. The van der Waals surface area contributed by atoms with E-state index in [-0.39, 0.29) is 11.2 Å². The fourth-order valence-electron chi connectivity index (χ4n) is 3.12. The molecule has 3 nitrogen and oxygen atoms in total. The average molecular weight is 339 g/mol. The van der Waals surface area contributed by atoms with Crippen molar-refractivity contribution < 1.29 is 14.3 Å². The minimum absolute atomic E-state index is 0.223. The lowest BCUT2D eigenvalue weighted by molar-refractivity contribution is 0.0747. The Kier molecular flexibility index (Phi) is 3.76. The van der Waals surface area contributed by atoms with Crippen molar-refractivity contribution in [3.05, 3.63) is 22.2 Å². The van der Waals surface area contributed by atoms with Gasteiger partial charge in [-0.15, -0.1) is 0 Å². The molecule has 0 unspecified atom stereocenters. The van der Waals surface area contributed by atoms with E-state index in [0.717, 1.165) is 35.7 Å². The minimum Gasteiger partial charge on any atom is -0.486 e. The van der Waals surface area contributed by atoms with Crippen molar-refractivity contribution in [2.75, 3.05) is 13.2 Å². The van der Waals surface area contributed by atoms with Gasteiger partial charge in [0.25, 0.3) is 0 Å². The second kappa shape index (κ2) is 5.40. The Morgan fingerprint density at radius 2 is 1.70 bits per heavy atom. The van der Waals surface area contributed by atoms with Gasteiger partial charge in [-0.25, -0.2) is 0 Å². The van der Waals surface area contributed by atoms with Gasteiger partial charge in [0.05, 0.1) is 0 Å². The van der Waals surface area contributed by atoms with E-state index in [1.54, 1.807) is 0 Å². The van der Waals surface area contributed by atoms with E-state index in [2.05, 4.69) is 22.9 Å². The Morgan fingerprint density at radius 1 is 1.10 bits per heavy atom. The minimum atomic E-state index is -0.232. The third kappa shape index (κ3) is 2.46. The van der Waals surface area contributed by atoms with Crippen LogP contribution in [0.1, 0.15) is 49.4 Å². The molecule has 0 radical (unpaired) electrons. The Hall–Kier alpha value is -1.03. The van der Waals surface area contributed by atoms with E-state index in [1.807, 2.05) is 12.1 Å². The van der Waals surface area contributed by atoms with Crippen LogP contribution in [0.5, 0.6) is 11.5 Å². The molecular weight excluding hydrogens is 320 g/mol. The molecule has 0 aromatic heterocycles. The number of carbonyl (C=O) groups excluding carboxylic acids is 1. The predicted molar refractivity (Wildman–Crippen MR) is 80.7 cm³/mol. The van der Waals surface area contributed by atoms with Crippen LogP contribution in [0.15, 0.2) is 16.6 Å². The molecule has 0 atom stereocenters. The lowest BCUT2D eigenvalue weighted by Gasteiger charge is -2.32. The molecule has 1 saturated carbocycles. The van der Waals surface area contributed by atoms with E-state index >= 15 is 0 Å². The maximum absolute atomic E-state index is 12.9. The summed E-state index contributed by atoms with van der Waals surface area (Å²) in [6, 6.07) is 3.69. The highest BCUT2D eigenvalue weighted by Gasteiger charge is 2.36. The summed E-state index contributed by atoms with van der Waals surface area (Å²) in [6.07, 6.45) is 5.49. The second-order valence-electron chi connectivity index (χ2n) is 5.93. The number of halogens is 1. The van der Waals surface area contributed by atoms with Crippen molar-refractivity contribution in [1.82, 2.24) is 0 Å². The van der Waals surface area contributed by atoms with Gasteiger partial charge < -0.3 is 9.47 Å². The highest BCUT2D eigenvalue weighted by atomic mass is 79.9. The molecule has 1 aromatic rings. The maximum atomic E-state index is 12.9. The number of rotatable bonds is 2. The summed E-state index contributed by atoms with van der Waals surface area (Å²) in [4.78, 5) is 12.9. The van der Waals surface area contributed by atoms with E-state index < -0.39 is 0 Å². The first-order chi connectivity index (χ1) is 9.60.